The number of primary amides is 1. The van der Waals surface area contributed by atoms with E-state index in [2.05, 4.69) is 5.32 Å². The molecule has 0 fully saturated rings. The van der Waals surface area contributed by atoms with Gasteiger partial charge in [-0.15, -0.1) is 0 Å². The predicted octanol–water partition coefficient (Wildman–Crippen LogP) is 0.161. The molecule has 0 saturated heterocycles. The molecule has 0 heterocycles. The van der Waals surface area contributed by atoms with Gasteiger partial charge in [-0.25, -0.2) is 4.79 Å². The van der Waals surface area contributed by atoms with Crippen LogP contribution in [0.2, 0.25) is 0 Å². The molecule has 5 N–H and O–H groups in total. The molecule has 0 radical (unpaired) electrons. The maximum absolute atomic E-state index is 11.6. The zero-order valence-electron chi connectivity index (χ0n) is 11.2. The summed E-state index contributed by atoms with van der Waals surface area (Å²) in [6.45, 7) is 2.82. The molecule has 6 heteroatoms. The summed E-state index contributed by atoms with van der Waals surface area (Å²) >= 11 is 0. The number of imide groups is 1. The highest BCUT2D eigenvalue weighted by molar-refractivity contribution is 5.96. The van der Waals surface area contributed by atoms with E-state index in [-0.39, 0.29) is 0 Å². The molecule has 1 unspecified atom stereocenters. The van der Waals surface area contributed by atoms with E-state index < -0.39 is 18.0 Å². The van der Waals surface area contributed by atoms with E-state index in [1.54, 1.807) is 6.92 Å². The van der Waals surface area contributed by atoms with Gasteiger partial charge >= 0.3 is 6.03 Å². The molecule has 0 aromatic heterocycles. The van der Waals surface area contributed by atoms with Crippen LogP contribution in [0.3, 0.4) is 0 Å². The number of benzene rings is 1. The lowest BCUT2D eigenvalue weighted by molar-refractivity contribution is -0.124. The van der Waals surface area contributed by atoms with Crippen molar-refractivity contribution in [2.24, 2.45) is 11.5 Å². The van der Waals surface area contributed by atoms with Crippen LogP contribution in [0.1, 0.15) is 18.1 Å². The Morgan fingerprint density at radius 3 is 2.26 bits per heavy atom. The Kier molecular flexibility index (Phi) is 5.47. The van der Waals surface area contributed by atoms with Crippen LogP contribution in [-0.4, -0.2) is 29.9 Å². The van der Waals surface area contributed by atoms with Crippen molar-refractivity contribution in [2.45, 2.75) is 26.1 Å². The second-order valence-electron chi connectivity index (χ2n) is 4.47. The first-order valence-corrected chi connectivity index (χ1v) is 6.02. The van der Waals surface area contributed by atoms with Gasteiger partial charge in [0.05, 0.1) is 6.04 Å². The van der Waals surface area contributed by atoms with Gasteiger partial charge in [0.25, 0.3) is 0 Å². The molecule has 1 aromatic carbocycles. The molecule has 0 spiro atoms. The summed E-state index contributed by atoms with van der Waals surface area (Å²) in [6, 6.07) is 6.57. The number of nitrogens with one attached hydrogen (secondary N) is 1. The van der Waals surface area contributed by atoms with Gasteiger partial charge in [-0.05, 0) is 25.1 Å². The van der Waals surface area contributed by atoms with Crippen LogP contribution in [-0.2, 0) is 17.9 Å². The number of nitrogens with zero attached hydrogens (tertiary/aromatic N) is 1. The van der Waals surface area contributed by atoms with E-state index in [1.807, 2.05) is 36.2 Å². The van der Waals surface area contributed by atoms with Crippen LogP contribution in [0.15, 0.2) is 24.3 Å². The maximum atomic E-state index is 11.6. The molecule has 19 heavy (non-hydrogen) atoms. The average molecular weight is 264 g/mol. The summed E-state index contributed by atoms with van der Waals surface area (Å²) in [7, 11) is 1.81. The van der Waals surface area contributed by atoms with E-state index in [4.69, 9.17) is 11.5 Å². The lowest BCUT2D eigenvalue weighted by Gasteiger charge is -2.23. The molecule has 0 saturated carbocycles. The second-order valence-corrected chi connectivity index (χ2v) is 4.47. The van der Waals surface area contributed by atoms with Gasteiger partial charge in [-0.2, -0.15) is 0 Å². The van der Waals surface area contributed by atoms with Crippen LogP contribution < -0.4 is 16.8 Å². The van der Waals surface area contributed by atoms with E-state index in [1.165, 1.54) is 0 Å². The third-order valence-corrected chi connectivity index (χ3v) is 2.98. The molecule has 3 amide bonds. The lowest BCUT2D eigenvalue weighted by Crippen LogP contribution is -2.46. The topological polar surface area (TPSA) is 101 Å². The Balaban J connectivity index is 2.59. The number of carbonyl (C=O) groups excluding carboxylic acids is 2. The zero-order valence-corrected chi connectivity index (χ0v) is 11.2. The molecular weight excluding hydrogens is 244 g/mol. The molecule has 104 valence electrons. The smallest absolute Gasteiger partial charge is 0.318 e. The molecule has 0 aliphatic carbocycles. The predicted molar refractivity (Wildman–Crippen MR) is 73.0 cm³/mol. The standard InChI is InChI=1S/C13H20N4O2/c1-9(12(18)16-13(15)19)17(2)8-11-5-3-10(7-14)4-6-11/h3-6,9H,7-8,14H2,1-2H3,(H3,15,16,18,19). The molecule has 0 aliphatic heterocycles. The molecule has 6 nitrogen and oxygen atoms in total. The van der Waals surface area contributed by atoms with E-state index >= 15 is 0 Å². The number of urea groups is 1. The number of amides is 3. The number of hydrogen-bond acceptors (Lipinski definition) is 4. The largest absolute Gasteiger partial charge is 0.351 e. The quantitative estimate of drug-likeness (QED) is 0.705. The van der Waals surface area contributed by atoms with Crippen LogP contribution in [0, 0.1) is 0 Å². The van der Waals surface area contributed by atoms with Crippen molar-refractivity contribution in [1.29, 1.82) is 0 Å². The van der Waals surface area contributed by atoms with Crippen LogP contribution in [0.4, 0.5) is 4.79 Å². The Morgan fingerprint density at radius 1 is 1.26 bits per heavy atom. The highest BCUT2D eigenvalue weighted by Gasteiger charge is 2.19. The minimum absolute atomic E-state index is 0.409. The van der Waals surface area contributed by atoms with Gasteiger partial charge in [0.2, 0.25) is 5.91 Å². The highest BCUT2D eigenvalue weighted by atomic mass is 16.2. The highest BCUT2D eigenvalue weighted by Crippen LogP contribution is 2.08. The molecule has 0 aliphatic rings. The summed E-state index contributed by atoms with van der Waals surface area (Å²) in [4.78, 5) is 24.1. The van der Waals surface area contributed by atoms with Gasteiger partial charge in [0, 0.05) is 13.1 Å². The first-order valence-electron chi connectivity index (χ1n) is 6.02. The Morgan fingerprint density at radius 2 is 1.79 bits per heavy atom. The summed E-state index contributed by atoms with van der Waals surface area (Å²) in [5.41, 5.74) is 12.6. The third-order valence-electron chi connectivity index (χ3n) is 2.98. The molecule has 1 aromatic rings. The molecular formula is C13H20N4O2. The van der Waals surface area contributed by atoms with E-state index in [0.29, 0.717) is 13.1 Å². The van der Waals surface area contributed by atoms with Crippen molar-refractivity contribution >= 4 is 11.9 Å². The Labute approximate surface area is 112 Å². The lowest BCUT2D eigenvalue weighted by atomic mass is 10.1. The maximum Gasteiger partial charge on any atom is 0.318 e. The van der Waals surface area contributed by atoms with Crippen molar-refractivity contribution < 1.29 is 9.59 Å². The first-order chi connectivity index (χ1) is 8.93. The third kappa shape index (κ3) is 4.69. The minimum Gasteiger partial charge on any atom is -0.351 e. The monoisotopic (exact) mass is 264 g/mol. The number of hydrogen-bond donors (Lipinski definition) is 3. The van der Waals surface area contributed by atoms with Crippen LogP contribution >= 0.6 is 0 Å². The van der Waals surface area contributed by atoms with Gasteiger partial charge in [0.1, 0.15) is 0 Å². The van der Waals surface area contributed by atoms with E-state index in [0.717, 1.165) is 11.1 Å². The van der Waals surface area contributed by atoms with Gasteiger partial charge in [-0.3, -0.25) is 15.0 Å². The van der Waals surface area contributed by atoms with Gasteiger partial charge < -0.3 is 11.5 Å². The second kappa shape index (κ2) is 6.86. The van der Waals surface area contributed by atoms with Crippen LogP contribution in [0.25, 0.3) is 0 Å². The normalized spacial score (nSPS) is 12.2. The van der Waals surface area contributed by atoms with Crippen molar-refractivity contribution in [3.05, 3.63) is 35.4 Å². The van der Waals surface area contributed by atoms with Crippen molar-refractivity contribution in [1.82, 2.24) is 10.2 Å². The first kappa shape index (κ1) is 15.1. The fourth-order valence-corrected chi connectivity index (χ4v) is 1.63. The number of rotatable bonds is 5. The van der Waals surface area contributed by atoms with Crippen molar-refractivity contribution in [2.75, 3.05) is 7.05 Å². The molecule has 1 rings (SSSR count). The van der Waals surface area contributed by atoms with Crippen molar-refractivity contribution in [3.63, 3.8) is 0 Å². The number of carbonyl (C=O) groups is 2. The summed E-state index contributed by atoms with van der Waals surface area (Å²) in [5.74, 6) is -0.409. The average Bonchev–Trinajstić information content (AvgIpc) is 2.37. The Hall–Kier alpha value is -1.92. The Bertz CT molecular complexity index is 444. The SMILES string of the molecule is CC(C(=O)NC(N)=O)N(C)Cc1ccc(CN)cc1. The minimum atomic E-state index is -0.836. The zero-order chi connectivity index (χ0) is 14.4. The van der Waals surface area contributed by atoms with Crippen LogP contribution in [0.5, 0.6) is 0 Å². The fraction of sp³-hybridized carbons (Fsp3) is 0.385. The molecule has 0 bridgehead atoms. The number of nitrogens with two attached hydrogens (primary N) is 2. The summed E-state index contributed by atoms with van der Waals surface area (Å²) < 4.78 is 0. The van der Waals surface area contributed by atoms with Crippen molar-refractivity contribution in [3.8, 4) is 0 Å². The summed E-state index contributed by atoms with van der Waals surface area (Å²) in [6.07, 6.45) is 0. The number of likely N-dealkylation sites (N-methyl/N-ethyl adjacent to an activating group) is 1. The van der Waals surface area contributed by atoms with E-state index in [9.17, 15) is 9.59 Å². The van der Waals surface area contributed by atoms with Gasteiger partial charge in [-0.1, -0.05) is 24.3 Å². The fourth-order valence-electron chi connectivity index (χ4n) is 1.63. The summed E-state index contributed by atoms with van der Waals surface area (Å²) in [5, 5.41) is 2.07. The molecule has 1 atom stereocenters. The van der Waals surface area contributed by atoms with Gasteiger partial charge in [0.15, 0.2) is 0 Å².